The van der Waals surface area contributed by atoms with Gasteiger partial charge in [-0.15, -0.1) is 0 Å². The number of hydrogen-bond donors (Lipinski definition) is 2. The van der Waals surface area contributed by atoms with Crippen LogP contribution in [0.4, 0.5) is 0 Å². The Labute approximate surface area is 110 Å². The number of rotatable bonds is 7. The zero-order valence-electron chi connectivity index (χ0n) is 11.3. The SMILES string of the molecule is CC(C)OCCS(=O)(=O)NCC1CCCCC1O. The second kappa shape index (κ2) is 7.43. The average Bonchev–Trinajstić information content (AvgIpc) is 2.27. The molecule has 5 nitrogen and oxygen atoms in total. The minimum Gasteiger partial charge on any atom is -0.393 e. The largest absolute Gasteiger partial charge is 0.393 e. The van der Waals surface area contributed by atoms with Gasteiger partial charge in [0.1, 0.15) is 0 Å². The van der Waals surface area contributed by atoms with Crippen LogP contribution >= 0.6 is 0 Å². The molecule has 2 N–H and O–H groups in total. The Morgan fingerprint density at radius 3 is 2.61 bits per heavy atom. The lowest BCUT2D eigenvalue weighted by Gasteiger charge is -2.27. The fourth-order valence-electron chi connectivity index (χ4n) is 2.13. The van der Waals surface area contributed by atoms with E-state index in [0.29, 0.717) is 6.54 Å². The molecule has 1 aliphatic rings. The van der Waals surface area contributed by atoms with Crippen LogP contribution in [0.5, 0.6) is 0 Å². The summed E-state index contributed by atoms with van der Waals surface area (Å²) in [6, 6.07) is 0. The molecule has 6 heteroatoms. The Morgan fingerprint density at radius 2 is 2.00 bits per heavy atom. The first-order chi connectivity index (χ1) is 8.41. The van der Waals surface area contributed by atoms with E-state index in [1.807, 2.05) is 13.8 Å². The predicted molar refractivity (Wildman–Crippen MR) is 70.8 cm³/mol. The normalized spacial score (nSPS) is 25.6. The minimum absolute atomic E-state index is 0.0198. The van der Waals surface area contributed by atoms with Crippen LogP contribution in [0.25, 0.3) is 0 Å². The molecular weight excluding hydrogens is 254 g/mol. The summed E-state index contributed by atoms with van der Waals surface area (Å²) < 4.78 is 31.2. The molecule has 2 unspecified atom stereocenters. The summed E-state index contributed by atoms with van der Waals surface area (Å²) in [5.74, 6) is 0.0353. The summed E-state index contributed by atoms with van der Waals surface area (Å²) in [5, 5.41) is 9.76. The summed E-state index contributed by atoms with van der Waals surface area (Å²) in [6.07, 6.45) is 3.45. The lowest BCUT2D eigenvalue weighted by molar-refractivity contribution is 0.0723. The second-order valence-corrected chi connectivity index (χ2v) is 7.13. The number of ether oxygens (including phenoxy) is 1. The fourth-order valence-corrected chi connectivity index (χ4v) is 3.05. The molecule has 1 fully saturated rings. The van der Waals surface area contributed by atoms with Crippen LogP contribution in [0, 0.1) is 5.92 Å². The van der Waals surface area contributed by atoms with Crippen LogP contribution in [0.3, 0.4) is 0 Å². The molecule has 0 radical (unpaired) electrons. The van der Waals surface area contributed by atoms with Gasteiger partial charge in [0.05, 0.1) is 24.6 Å². The highest BCUT2D eigenvalue weighted by Crippen LogP contribution is 2.23. The molecule has 1 rings (SSSR count). The maximum Gasteiger partial charge on any atom is 0.213 e. The maximum absolute atomic E-state index is 11.7. The number of hydrogen-bond acceptors (Lipinski definition) is 4. The molecule has 1 aliphatic carbocycles. The first-order valence-electron chi connectivity index (χ1n) is 6.68. The predicted octanol–water partition coefficient (Wildman–Crippen LogP) is 0.882. The van der Waals surface area contributed by atoms with Crippen LogP contribution in [-0.2, 0) is 14.8 Å². The van der Waals surface area contributed by atoms with Crippen LogP contribution in [0.15, 0.2) is 0 Å². The topological polar surface area (TPSA) is 75.6 Å². The van der Waals surface area contributed by atoms with Gasteiger partial charge in [-0.2, -0.15) is 0 Å². The van der Waals surface area contributed by atoms with Crippen molar-refractivity contribution in [1.82, 2.24) is 4.72 Å². The molecule has 0 amide bonds. The lowest BCUT2D eigenvalue weighted by atomic mass is 9.87. The molecule has 0 aromatic rings. The molecule has 0 aromatic carbocycles. The van der Waals surface area contributed by atoms with Gasteiger partial charge in [-0.25, -0.2) is 13.1 Å². The van der Waals surface area contributed by atoms with Gasteiger partial charge in [0.25, 0.3) is 0 Å². The van der Waals surface area contributed by atoms with E-state index >= 15 is 0 Å². The molecule has 18 heavy (non-hydrogen) atoms. The van der Waals surface area contributed by atoms with Crippen molar-refractivity contribution in [2.45, 2.75) is 51.7 Å². The average molecular weight is 279 g/mol. The van der Waals surface area contributed by atoms with E-state index in [1.165, 1.54) is 0 Å². The van der Waals surface area contributed by atoms with Gasteiger partial charge in [-0.3, -0.25) is 0 Å². The quantitative estimate of drug-likeness (QED) is 0.725. The maximum atomic E-state index is 11.7. The molecule has 0 bridgehead atoms. The third kappa shape index (κ3) is 6.13. The van der Waals surface area contributed by atoms with Crippen LogP contribution in [-0.4, -0.2) is 44.6 Å². The molecule has 0 heterocycles. The number of sulfonamides is 1. The summed E-state index contributed by atoms with van der Waals surface area (Å²) in [7, 11) is -3.29. The van der Waals surface area contributed by atoms with Crippen molar-refractivity contribution in [3.05, 3.63) is 0 Å². The summed E-state index contributed by atoms with van der Waals surface area (Å²) >= 11 is 0. The summed E-state index contributed by atoms with van der Waals surface area (Å²) in [5.41, 5.74) is 0. The molecule has 2 atom stereocenters. The van der Waals surface area contributed by atoms with Crippen LogP contribution in [0.1, 0.15) is 39.5 Å². The number of aliphatic hydroxyl groups excluding tert-OH is 1. The molecule has 0 aliphatic heterocycles. The van der Waals surface area contributed by atoms with E-state index in [-0.39, 0.29) is 30.5 Å². The van der Waals surface area contributed by atoms with Crippen molar-refractivity contribution in [3.63, 3.8) is 0 Å². The smallest absolute Gasteiger partial charge is 0.213 e. The van der Waals surface area contributed by atoms with E-state index in [1.54, 1.807) is 0 Å². The highest BCUT2D eigenvalue weighted by Gasteiger charge is 2.24. The van der Waals surface area contributed by atoms with Crippen molar-refractivity contribution < 1.29 is 18.3 Å². The highest BCUT2D eigenvalue weighted by atomic mass is 32.2. The zero-order chi connectivity index (χ0) is 13.6. The van der Waals surface area contributed by atoms with Gasteiger partial charge in [-0.1, -0.05) is 12.8 Å². The molecule has 108 valence electrons. The Hall–Kier alpha value is -0.170. The highest BCUT2D eigenvalue weighted by molar-refractivity contribution is 7.89. The number of nitrogens with one attached hydrogen (secondary N) is 1. The summed E-state index contributed by atoms with van der Waals surface area (Å²) in [6.45, 7) is 4.29. The van der Waals surface area contributed by atoms with E-state index in [4.69, 9.17) is 4.74 Å². The Bertz CT molecular complexity index is 329. The van der Waals surface area contributed by atoms with E-state index in [9.17, 15) is 13.5 Å². The molecule has 0 saturated heterocycles. The molecule has 0 aromatic heterocycles. The van der Waals surface area contributed by atoms with Crippen LogP contribution in [0.2, 0.25) is 0 Å². The van der Waals surface area contributed by atoms with Gasteiger partial charge in [0.15, 0.2) is 0 Å². The first kappa shape index (κ1) is 15.9. The van der Waals surface area contributed by atoms with Crippen molar-refractivity contribution in [3.8, 4) is 0 Å². The van der Waals surface area contributed by atoms with Crippen LogP contribution < -0.4 is 4.72 Å². The Kier molecular flexibility index (Phi) is 6.55. The molecular formula is C12H25NO4S. The van der Waals surface area contributed by atoms with Crippen molar-refractivity contribution >= 4 is 10.0 Å². The molecule has 1 saturated carbocycles. The monoisotopic (exact) mass is 279 g/mol. The lowest BCUT2D eigenvalue weighted by Crippen LogP contribution is -2.38. The first-order valence-corrected chi connectivity index (χ1v) is 8.33. The zero-order valence-corrected chi connectivity index (χ0v) is 12.1. The van der Waals surface area contributed by atoms with Gasteiger partial charge < -0.3 is 9.84 Å². The second-order valence-electron chi connectivity index (χ2n) is 5.20. The summed E-state index contributed by atoms with van der Waals surface area (Å²) in [4.78, 5) is 0. The Morgan fingerprint density at radius 1 is 1.33 bits per heavy atom. The molecule has 0 spiro atoms. The third-order valence-corrected chi connectivity index (χ3v) is 4.55. The van der Waals surface area contributed by atoms with Crippen molar-refractivity contribution in [2.75, 3.05) is 18.9 Å². The van der Waals surface area contributed by atoms with E-state index in [0.717, 1.165) is 25.7 Å². The van der Waals surface area contributed by atoms with E-state index < -0.39 is 10.0 Å². The van der Waals surface area contributed by atoms with Crippen molar-refractivity contribution in [1.29, 1.82) is 0 Å². The van der Waals surface area contributed by atoms with Gasteiger partial charge in [0, 0.05) is 6.54 Å². The Balaban J connectivity index is 2.27. The fraction of sp³-hybridized carbons (Fsp3) is 1.00. The van der Waals surface area contributed by atoms with Crippen molar-refractivity contribution in [2.24, 2.45) is 5.92 Å². The third-order valence-electron chi connectivity index (χ3n) is 3.24. The van der Waals surface area contributed by atoms with E-state index in [2.05, 4.69) is 4.72 Å². The van der Waals surface area contributed by atoms with Gasteiger partial charge in [-0.05, 0) is 32.6 Å². The van der Waals surface area contributed by atoms with Gasteiger partial charge in [0.2, 0.25) is 10.0 Å². The number of aliphatic hydroxyl groups is 1. The minimum atomic E-state index is -3.29. The standard InChI is InChI=1S/C12H25NO4S/c1-10(2)17-7-8-18(15,16)13-9-11-5-3-4-6-12(11)14/h10-14H,3-9H2,1-2H3. The van der Waals surface area contributed by atoms with Gasteiger partial charge >= 0.3 is 0 Å².